The summed E-state index contributed by atoms with van der Waals surface area (Å²) in [6.45, 7) is 6.34. The van der Waals surface area contributed by atoms with Gasteiger partial charge in [0.1, 0.15) is 0 Å². The van der Waals surface area contributed by atoms with Crippen molar-refractivity contribution in [1.29, 1.82) is 0 Å². The Morgan fingerprint density at radius 1 is 1.44 bits per heavy atom. The summed E-state index contributed by atoms with van der Waals surface area (Å²) in [6.07, 6.45) is 6.00. The third-order valence-electron chi connectivity index (χ3n) is 3.86. The number of hydrogen-bond donors (Lipinski definition) is 1. The van der Waals surface area contributed by atoms with Crippen LogP contribution in [0, 0.1) is 5.41 Å². The minimum Gasteiger partial charge on any atom is -0.388 e. The summed E-state index contributed by atoms with van der Waals surface area (Å²) >= 11 is 0. The first-order valence-corrected chi connectivity index (χ1v) is 6.88. The number of hydrogen-bond acceptors (Lipinski definition) is 2. The lowest BCUT2D eigenvalue weighted by atomic mass is 9.75. The molecule has 2 rings (SSSR count). The highest BCUT2D eigenvalue weighted by Gasteiger charge is 2.32. The number of aliphatic hydroxyl groups excluding tert-OH is 1. The number of aromatic nitrogens is 1. The molecule has 1 unspecified atom stereocenters. The highest BCUT2D eigenvalue weighted by atomic mass is 16.5. The fraction of sp³-hybridized carbons (Fsp3) is 0.733. The molecule has 1 N–H and O–H groups in total. The molecule has 0 radical (unpaired) electrons. The summed E-state index contributed by atoms with van der Waals surface area (Å²) < 4.78 is 7.39. The molecule has 102 valence electrons. The lowest BCUT2D eigenvalue weighted by Gasteiger charge is -2.34. The molecule has 0 aliphatic heterocycles. The summed E-state index contributed by atoms with van der Waals surface area (Å²) in [5.74, 6) is 0. The van der Waals surface area contributed by atoms with Crippen LogP contribution in [0.1, 0.15) is 50.5 Å². The van der Waals surface area contributed by atoms with Crippen molar-refractivity contribution < 1.29 is 9.84 Å². The largest absolute Gasteiger partial charge is 0.388 e. The van der Waals surface area contributed by atoms with Gasteiger partial charge in [0.15, 0.2) is 0 Å². The molecule has 3 nitrogen and oxygen atoms in total. The van der Waals surface area contributed by atoms with Gasteiger partial charge in [-0.25, -0.2) is 0 Å². The maximum Gasteiger partial charge on any atom is 0.0812 e. The van der Waals surface area contributed by atoms with E-state index >= 15 is 0 Å². The summed E-state index contributed by atoms with van der Waals surface area (Å²) in [7, 11) is 1.75. The summed E-state index contributed by atoms with van der Waals surface area (Å²) in [5.41, 5.74) is 2.67. The Balaban J connectivity index is 2.06. The lowest BCUT2D eigenvalue weighted by Crippen LogP contribution is -2.26. The van der Waals surface area contributed by atoms with Gasteiger partial charge in [0.2, 0.25) is 0 Å². The minimum absolute atomic E-state index is 0.203. The third-order valence-corrected chi connectivity index (χ3v) is 3.86. The van der Waals surface area contributed by atoms with Crippen LogP contribution in [0.4, 0.5) is 0 Å². The molecule has 1 heterocycles. The number of fused-ring (bicyclic) bond motifs is 1. The molecule has 1 atom stereocenters. The van der Waals surface area contributed by atoms with E-state index in [1.165, 1.54) is 5.69 Å². The Hall–Kier alpha value is -0.800. The predicted octanol–water partition coefficient (Wildman–Crippen LogP) is 2.92. The van der Waals surface area contributed by atoms with Gasteiger partial charge in [-0.2, -0.15) is 0 Å². The van der Waals surface area contributed by atoms with Gasteiger partial charge in [0, 0.05) is 37.7 Å². The average molecular weight is 251 g/mol. The van der Waals surface area contributed by atoms with Crippen LogP contribution in [-0.4, -0.2) is 23.4 Å². The number of ether oxygens (including phenoxy) is 1. The van der Waals surface area contributed by atoms with Crippen molar-refractivity contribution in [3.63, 3.8) is 0 Å². The molecule has 0 fully saturated rings. The van der Waals surface area contributed by atoms with Crippen LogP contribution in [-0.2, 0) is 17.7 Å². The van der Waals surface area contributed by atoms with Gasteiger partial charge in [-0.15, -0.1) is 0 Å². The topological polar surface area (TPSA) is 34.4 Å². The Labute approximate surface area is 110 Å². The quantitative estimate of drug-likeness (QED) is 0.816. The monoisotopic (exact) mass is 251 g/mol. The molecular weight excluding hydrogens is 226 g/mol. The number of aryl methyl sites for hydroxylation is 1. The van der Waals surface area contributed by atoms with Crippen LogP contribution in [0.2, 0.25) is 0 Å². The van der Waals surface area contributed by atoms with Crippen LogP contribution in [0.5, 0.6) is 0 Å². The first kappa shape index (κ1) is 13.6. The van der Waals surface area contributed by atoms with Gasteiger partial charge >= 0.3 is 0 Å². The first-order valence-electron chi connectivity index (χ1n) is 6.88. The van der Waals surface area contributed by atoms with Gasteiger partial charge < -0.3 is 14.4 Å². The summed E-state index contributed by atoms with van der Waals surface area (Å²) in [5, 5.41) is 10.2. The molecular formula is C15H25NO2. The van der Waals surface area contributed by atoms with Crippen molar-refractivity contribution >= 4 is 0 Å². The van der Waals surface area contributed by atoms with E-state index < -0.39 is 0 Å². The molecule has 3 heteroatoms. The SMILES string of the molecule is COCCCCn1ccc2c1CC(C)(C)CC2O. The Kier molecular flexibility index (Phi) is 4.13. The van der Waals surface area contributed by atoms with Gasteiger partial charge in [0.05, 0.1) is 6.10 Å². The zero-order valence-electron chi connectivity index (χ0n) is 11.8. The Morgan fingerprint density at radius 3 is 2.94 bits per heavy atom. The molecule has 0 amide bonds. The van der Waals surface area contributed by atoms with Crippen LogP contribution in [0.3, 0.4) is 0 Å². The van der Waals surface area contributed by atoms with Crippen molar-refractivity contribution in [3.05, 3.63) is 23.5 Å². The predicted molar refractivity (Wildman–Crippen MR) is 72.6 cm³/mol. The van der Waals surface area contributed by atoms with Crippen LogP contribution >= 0.6 is 0 Å². The van der Waals surface area contributed by atoms with Crippen molar-refractivity contribution in [3.8, 4) is 0 Å². The molecule has 1 aliphatic rings. The summed E-state index contributed by atoms with van der Waals surface area (Å²) in [4.78, 5) is 0. The second-order valence-electron chi connectivity index (χ2n) is 6.17. The number of unbranched alkanes of at least 4 members (excludes halogenated alkanes) is 1. The fourth-order valence-corrected chi connectivity index (χ4v) is 2.93. The number of nitrogens with zero attached hydrogens (tertiary/aromatic N) is 1. The van der Waals surface area contributed by atoms with Gasteiger partial charge in [-0.3, -0.25) is 0 Å². The Morgan fingerprint density at radius 2 is 2.22 bits per heavy atom. The van der Waals surface area contributed by atoms with Gasteiger partial charge in [-0.1, -0.05) is 13.8 Å². The number of aliphatic hydroxyl groups is 1. The smallest absolute Gasteiger partial charge is 0.0812 e. The molecule has 0 aromatic carbocycles. The zero-order chi connectivity index (χ0) is 13.2. The van der Waals surface area contributed by atoms with Gasteiger partial charge in [0.25, 0.3) is 0 Å². The number of methoxy groups -OCH3 is 1. The van der Waals surface area contributed by atoms with E-state index in [4.69, 9.17) is 4.74 Å². The molecule has 0 spiro atoms. The maximum absolute atomic E-state index is 10.2. The van der Waals surface area contributed by atoms with E-state index in [-0.39, 0.29) is 11.5 Å². The summed E-state index contributed by atoms with van der Waals surface area (Å²) in [6, 6.07) is 2.09. The van der Waals surface area contributed by atoms with Crippen LogP contribution in [0.15, 0.2) is 12.3 Å². The first-order chi connectivity index (χ1) is 8.53. The molecule has 1 aliphatic carbocycles. The van der Waals surface area contributed by atoms with Gasteiger partial charge in [-0.05, 0) is 37.2 Å². The molecule has 0 saturated carbocycles. The lowest BCUT2D eigenvalue weighted by molar-refractivity contribution is 0.0978. The van der Waals surface area contributed by atoms with E-state index in [0.29, 0.717) is 0 Å². The fourth-order valence-electron chi connectivity index (χ4n) is 2.93. The van der Waals surface area contributed by atoms with E-state index in [0.717, 1.165) is 44.4 Å². The number of rotatable bonds is 5. The minimum atomic E-state index is -0.288. The second kappa shape index (κ2) is 5.45. The zero-order valence-corrected chi connectivity index (χ0v) is 11.8. The van der Waals surface area contributed by atoms with Crippen molar-refractivity contribution in [2.45, 2.75) is 52.2 Å². The molecule has 1 aromatic heterocycles. The standard InChI is InChI=1S/C15H25NO2/c1-15(2)10-13-12(14(17)11-15)6-8-16(13)7-4-5-9-18-3/h6,8,14,17H,4-5,7,9-11H2,1-3H3. The van der Waals surface area contributed by atoms with Crippen molar-refractivity contribution in [2.75, 3.05) is 13.7 Å². The second-order valence-corrected chi connectivity index (χ2v) is 6.17. The van der Waals surface area contributed by atoms with Crippen molar-refractivity contribution in [1.82, 2.24) is 4.57 Å². The van der Waals surface area contributed by atoms with Crippen LogP contribution < -0.4 is 0 Å². The van der Waals surface area contributed by atoms with E-state index in [1.807, 2.05) is 0 Å². The van der Waals surface area contributed by atoms with Crippen molar-refractivity contribution in [2.24, 2.45) is 5.41 Å². The van der Waals surface area contributed by atoms with E-state index in [9.17, 15) is 5.11 Å². The maximum atomic E-state index is 10.2. The Bertz CT molecular complexity index is 395. The third kappa shape index (κ3) is 2.96. The van der Waals surface area contributed by atoms with Crippen LogP contribution in [0.25, 0.3) is 0 Å². The van der Waals surface area contributed by atoms with E-state index in [2.05, 4.69) is 30.7 Å². The van der Waals surface area contributed by atoms with E-state index in [1.54, 1.807) is 7.11 Å². The molecule has 1 aromatic rings. The molecule has 0 saturated heterocycles. The molecule has 0 bridgehead atoms. The molecule has 18 heavy (non-hydrogen) atoms. The average Bonchev–Trinajstić information content (AvgIpc) is 2.66. The normalized spacial score (nSPS) is 21.9. The highest BCUT2D eigenvalue weighted by molar-refractivity contribution is 5.29. The highest BCUT2D eigenvalue weighted by Crippen LogP contribution is 2.41.